The van der Waals surface area contributed by atoms with Gasteiger partial charge in [-0.05, 0) is 73.5 Å². The second-order valence-electron chi connectivity index (χ2n) is 12.0. The number of aromatic nitrogens is 1. The Kier molecular flexibility index (Phi) is 8.02. The Bertz CT molecular complexity index is 1310. The summed E-state index contributed by atoms with van der Waals surface area (Å²) in [5.41, 5.74) is -2.92. The molecule has 2 aliphatic carbocycles. The van der Waals surface area contributed by atoms with E-state index in [4.69, 9.17) is 11.6 Å². The average Bonchev–Trinajstić information content (AvgIpc) is 3.87. The maximum Gasteiger partial charge on any atom is 0.430 e. The summed E-state index contributed by atoms with van der Waals surface area (Å²) in [6, 6.07) is 9.24. The largest absolute Gasteiger partial charge is 0.430 e. The first kappa shape index (κ1) is 29.6. The number of carbonyl (C=O) groups excluding carboxylic acids is 2. The summed E-state index contributed by atoms with van der Waals surface area (Å²) in [5, 5.41) is 11.1. The SMILES string of the molecule is CN(C)C(=O)c1ccc(N2CCC([C@H]3C[C@H]3CN(C)C(=O)C(O)(c3cccc(C4CC4)c3)C(F)(F)F)CC2)nc1Cl. The Morgan fingerprint density at radius 3 is 2.34 bits per heavy atom. The Balaban J connectivity index is 1.18. The van der Waals surface area contributed by atoms with E-state index >= 15 is 0 Å². The standard InChI is InChI=1S/C30H36ClF3N4O3/c1-36(2)27(39)23-9-10-25(35-26(23)31)38-13-11-19(12-14-38)24-16-21(24)17-37(3)28(40)29(41,30(32,33)34)22-6-4-5-20(15-22)18-7-8-18/h4-6,9-10,15,18-19,21,24,41H,7-8,11-14,16-17H2,1-3H3/t21-,24+,29?/m0/s1. The van der Waals surface area contributed by atoms with E-state index < -0.39 is 23.2 Å². The number of carbonyl (C=O) groups is 2. The van der Waals surface area contributed by atoms with Gasteiger partial charge < -0.3 is 19.8 Å². The molecule has 3 fully saturated rings. The zero-order valence-corrected chi connectivity index (χ0v) is 24.3. The molecular weight excluding hydrogens is 557 g/mol. The third-order valence-electron chi connectivity index (χ3n) is 8.84. The summed E-state index contributed by atoms with van der Waals surface area (Å²) in [5.74, 6) is 0.161. The van der Waals surface area contributed by atoms with Crippen LogP contribution in [0.15, 0.2) is 36.4 Å². The highest BCUT2D eigenvalue weighted by molar-refractivity contribution is 6.32. The van der Waals surface area contributed by atoms with E-state index in [2.05, 4.69) is 9.88 Å². The number of anilines is 1. The molecule has 0 spiro atoms. The zero-order chi connectivity index (χ0) is 29.7. The number of aliphatic hydroxyl groups is 1. The number of halogens is 4. The molecule has 5 rings (SSSR count). The number of pyridine rings is 1. The van der Waals surface area contributed by atoms with Crippen molar-refractivity contribution in [2.45, 2.75) is 49.8 Å². The molecule has 2 amide bonds. The van der Waals surface area contributed by atoms with Gasteiger partial charge in [0, 0.05) is 46.3 Å². The van der Waals surface area contributed by atoms with E-state index in [1.807, 2.05) is 0 Å². The first-order valence-electron chi connectivity index (χ1n) is 14.1. The summed E-state index contributed by atoms with van der Waals surface area (Å²) in [6.07, 6.45) is -0.732. The van der Waals surface area contributed by atoms with Crippen LogP contribution in [-0.2, 0) is 10.4 Å². The van der Waals surface area contributed by atoms with Crippen LogP contribution in [-0.4, -0.2) is 78.7 Å². The van der Waals surface area contributed by atoms with Gasteiger partial charge in [-0.3, -0.25) is 9.59 Å². The molecule has 7 nitrogen and oxygen atoms in total. The summed E-state index contributed by atoms with van der Waals surface area (Å²) in [6.45, 7) is 1.67. The molecule has 1 aromatic carbocycles. The van der Waals surface area contributed by atoms with Gasteiger partial charge in [0.2, 0.25) is 0 Å². The van der Waals surface area contributed by atoms with Crippen molar-refractivity contribution in [2.75, 3.05) is 45.7 Å². The van der Waals surface area contributed by atoms with Crippen molar-refractivity contribution in [3.8, 4) is 0 Å². The van der Waals surface area contributed by atoms with E-state index in [-0.39, 0.29) is 29.4 Å². The fourth-order valence-electron chi connectivity index (χ4n) is 6.17. The van der Waals surface area contributed by atoms with Crippen LogP contribution in [0.1, 0.15) is 59.5 Å². The van der Waals surface area contributed by atoms with Crippen LogP contribution in [0.4, 0.5) is 19.0 Å². The smallest absolute Gasteiger partial charge is 0.369 e. The van der Waals surface area contributed by atoms with E-state index in [0.29, 0.717) is 23.2 Å². The molecular formula is C30H36ClF3N4O3. The molecule has 1 aromatic heterocycles. The molecule has 0 bridgehead atoms. The van der Waals surface area contributed by atoms with Gasteiger partial charge in [-0.15, -0.1) is 0 Å². The van der Waals surface area contributed by atoms with Crippen LogP contribution in [0.3, 0.4) is 0 Å². The van der Waals surface area contributed by atoms with Crippen molar-refractivity contribution in [1.82, 2.24) is 14.8 Å². The highest BCUT2D eigenvalue weighted by Gasteiger charge is 2.62. The average molecular weight is 593 g/mol. The number of piperidine rings is 1. The van der Waals surface area contributed by atoms with Crippen LogP contribution in [0.2, 0.25) is 5.15 Å². The second-order valence-corrected chi connectivity index (χ2v) is 12.3. The number of alkyl halides is 3. The summed E-state index contributed by atoms with van der Waals surface area (Å²) >= 11 is 6.29. The monoisotopic (exact) mass is 592 g/mol. The molecule has 2 saturated carbocycles. The highest BCUT2D eigenvalue weighted by Crippen LogP contribution is 2.49. The van der Waals surface area contributed by atoms with Crippen LogP contribution in [0, 0.1) is 17.8 Å². The molecule has 1 saturated heterocycles. The van der Waals surface area contributed by atoms with Crippen LogP contribution in [0.25, 0.3) is 0 Å². The van der Waals surface area contributed by atoms with Crippen LogP contribution in [0.5, 0.6) is 0 Å². The van der Waals surface area contributed by atoms with Gasteiger partial charge in [0.25, 0.3) is 17.4 Å². The second kappa shape index (κ2) is 11.1. The summed E-state index contributed by atoms with van der Waals surface area (Å²) < 4.78 is 42.7. The number of likely N-dealkylation sites (N-methyl/N-ethyl adjacent to an activating group) is 1. The van der Waals surface area contributed by atoms with Gasteiger partial charge in [0.05, 0.1) is 5.56 Å². The summed E-state index contributed by atoms with van der Waals surface area (Å²) in [7, 11) is 4.66. The third kappa shape index (κ3) is 5.91. The lowest BCUT2D eigenvalue weighted by atomic mass is 9.89. The number of amides is 2. The molecule has 2 aromatic rings. The minimum Gasteiger partial charge on any atom is -0.369 e. The van der Waals surface area contributed by atoms with E-state index in [9.17, 15) is 27.9 Å². The van der Waals surface area contributed by atoms with Crippen molar-refractivity contribution in [3.05, 3.63) is 58.2 Å². The highest BCUT2D eigenvalue weighted by atomic mass is 35.5. The lowest BCUT2D eigenvalue weighted by Crippen LogP contribution is -2.55. The third-order valence-corrected chi connectivity index (χ3v) is 9.13. The van der Waals surface area contributed by atoms with E-state index in [0.717, 1.165) is 55.7 Å². The van der Waals surface area contributed by atoms with Crippen molar-refractivity contribution in [1.29, 1.82) is 0 Å². The van der Waals surface area contributed by atoms with Crippen molar-refractivity contribution < 1.29 is 27.9 Å². The minimum absolute atomic E-state index is 0.0969. The molecule has 222 valence electrons. The number of nitrogens with zero attached hydrogens (tertiary/aromatic N) is 4. The number of hydrogen-bond donors (Lipinski definition) is 1. The Morgan fingerprint density at radius 2 is 1.76 bits per heavy atom. The Hall–Kier alpha value is -2.85. The maximum atomic E-state index is 14.2. The Morgan fingerprint density at radius 1 is 1.07 bits per heavy atom. The molecule has 41 heavy (non-hydrogen) atoms. The van der Waals surface area contributed by atoms with Gasteiger partial charge in [0.15, 0.2) is 0 Å². The van der Waals surface area contributed by atoms with Crippen molar-refractivity contribution in [3.63, 3.8) is 0 Å². The molecule has 11 heteroatoms. The quantitative estimate of drug-likeness (QED) is 0.433. The van der Waals surface area contributed by atoms with Crippen LogP contribution >= 0.6 is 11.6 Å². The first-order valence-corrected chi connectivity index (χ1v) is 14.5. The first-order chi connectivity index (χ1) is 19.3. The normalized spacial score (nSPS) is 22.7. The molecule has 1 N–H and O–H groups in total. The van der Waals surface area contributed by atoms with E-state index in [1.165, 1.54) is 30.1 Å². The van der Waals surface area contributed by atoms with Crippen molar-refractivity contribution >= 4 is 29.2 Å². The van der Waals surface area contributed by atoms with Gasteiger partial charge in [-0.25, -0.2) is 4.98 Å². The minimum atomic E-state index is -5.15. The molecule has 0 radical (unpaired) electrons. The Labute approximate surface area is 243 Å². The van der Waals surface area contributed by atoms with Crippen LogP contribution < -0.4 is 4.90 Å². The fourth-order valence-corrected chi connectivity index (χ4v) is 6.40. The maximum absolute atomic E-state index is 14.2. The molecule has 1 unspecified atom stereocenters. The molecule has 2 heterocycles. The topological polar surface area (TPSA) is 77.0 Å². The van der Waals surface area contributed by atoms with Crippen molar-refractivity contribution in [2.24, 2.45) is 17.8 Å². The molecule has 1 aliphatic heterocycles. The lowest BCUT2D eigenvalue weighted by Gasteiger charge is -2.34. The van der Waals surface area contributed by atoms with Gasteiger partial charge >= 0.3 is 6.18 Å². The van der Waals surface area contributed by atoms with Gasteiger partial charge in [-0.1, -0.05) is 35.9 Å². The predicted molar refractivity (Wildman–Crippen MR) is 150 cm³/mol. The predicted octanol–water partition coefficient (Wildman–Crippen LogP) is 5.08. The fraction of sp³-hybridized carbons (Fsp3) is 0.567. The van der Waals surface area contributed by atoms with Gasteiger partial charge in [-0.2, -0.15) is 13.2 Å². The number of benzene rings is 1. The lowest BCUT2D eigenvalue weighted by molar-refractivity contribution is -0.261. The molecule has 3 atom stereocenters. The summed E-state index contributed by atoms with van der Waals surface area (Å²) in [4.78, 5) is 34.5. The zero-order valence-electron chi connectivity index (χ0n) is 23.5. The number of hydrogen-bond acceptors (Lipinski definition) is 5. The number of rotatable bonds is 8. The van der Waals surface area contributed by atoms with Gasteiger partial charge in [0.1, 0.15) is 11.0 Å². The molecule has 3 aliphatic rings. The van der Waals surface area contributed by atoms with E-state index in [1.54, 1.807) is 32.3 Å².